The van der Waals surface area contributed by atoms with Crippen molar-refractivity contribution in [2.45, 2.75) is 55.4 Å². The number of aromatic nitrogens is 4. The van der Waals surface area contributed by atoms with Crippen LogP contribution in [0.3, 0.4) is 0 Å². The van der Waals surface area contributed by atoms with E-state index < -0.39 is 5.41 Å². The largest absolute Gasteiger partial charge is 0.512 e. The molecule has 2 heterocycles. The van der Waals surface area contributed by atoms with E-state index >= 15 is 0 Å². The van der Waals surface area contributed by atoms with Crippen LogP contribution in [0.4, 0.5) is 0 Å². The van der Waals surface area contributed by atoms with Gasteiger partial charge in [-0.3, -0.25) is 24.7 Å². The molecule has 2 aromatic heterocycles. The first-order chi connectivity index (χ1) is 30.2. The van der Waals surface area contributed by atoms with Crippen LogP contribution in [-0.2, 0) is 24.9 Å². The van der Waals surface area contributed by atoms with Gasteiger partial charge in [0.15, 0.2) is 5.78 Å². The van der Waals surface area contributed by atoms with Crippen molar-refractivity contribution in [3.8, 4) is 22.5 Å². The van der Waals surface area contributed by atoms with Gasteiger partial charge in [0, 0.05) is 59.2 Å². The van der Waals surface area contributed by atoms with Crippen molar-refractivity contribution < 1.29 is 30.0 Å². The number of carbonyl (C=O) groups excluding carboxylic acids is 1. The van der Waals surface area contributed by atoms with Crippen molar-refractivity contribution in [3.05, 3.63) is 181 Å². The van der Waals surface area contributed by atoms with Gasteiger partial charge in [-0.2, -0.15) is 0 Å². The third-order valence-corrected chi connectivity index (χ3v) is 11.1. The normalized spacial score (nSPS) is 11.8. The van der Waals surface area contributed by atoms with Crippen molar-refractivity contribution in [2.75, 3.05) is 0 Å². The zero-order valence-electron chi connectivity index (χ0n) is 37.4. The van der Waals surface area contributed by atoms with E-state index in [1.807, 2.05) is 116 Å². The summed E-state index contributed by atoms with van der Waals surface area (Å²) in [4.78, 5) is 31.4. The number of rotatable bonds is 3. The van der Waals surface area contributed by atoms with Gasteiger partial charge in [0.2, 0.25) is 0 Å². The fraction of sp³-hybridized carbons (Fsp3) is 0.175. The molecule has 1 radical (unpaired) electrons. The van der Waals surface area contributed by atoms with E-state index in [4.69, 9.17) is 19.9 Å². The van der Waals surface area contributed by atoms with E-state index in [9.17, 15) is 9.90 Å². The fourth-order valence-electron chi connectivity index (χ4n) is 7.62. The number of allylic oxidation sites excluding steroid dienone is 2. The zero-order valence-corrected chi connectivity index (χ0v) is 39.8. The van der Waals surface area contributed by atoms with E-state index in [1.54, 1.807) is 0 Å². The van der Waals surface area contributed by atoms with Crippen LogP contribution >= 0.6 is 0 Å². The molecular formula is C57H50IrN4O2-2. The zero-order chi connectivity index (χ0) is 44.5. The second-order valence-electron chi connectivity index (χ2n) is 17.8. The summed E-state index contributed by atoms with van der Waals surface area (Å²) in [6, 6.07) is 56.3. The van der Waals surface area contributed by atoms with Gasteiger partial charge in [0.05, 0.1) is 33.8 Å². The Morgan fingerprint density at radius 1 is 0.469 bits per heavy atom. The Kier molecular flexibility index (Phi) is 13.2. The first kappa shape index (κ1) is 45.4. The molecular weight excluding hydrogens is 965 g/mol. The van der Waals surface area contributed by atoms with Gasteiger partial charge in [-0.1, -0.05) is 172 Å². The first-order valence-corrected chi connectivity index (χ1v) is 21.3. The number of hydrogen-bond acceptors (Lipinski definition) is 6. The molecule has 1 N–H and O–H groups in total. The second-order valence-corrected chi connectivity index (χ2v) is 17.8. The number of carbonyl (C=O) groups is 1. The summed E-state index contributed by atoms with van der Waals surface area (Å²) >= 11 is 0. The molecule has 0 saturated carbocycles. The third kappa shape index (κ3) is 9.19. The van der Waals surface area contributed by atoms with E-state index in [-0.39, 0.29) is 37.1 Å². The molecule has 0 aliphatic carbocycles. The molecule has 6 nitrogen and oxygen atoms in total. The molecule has 10 rings (SSSR count). The minimum atomic E-state index is -0.417. The Hall–Kier alpha value is -6.66. The van der Waals surface area contributed by atoms with Crippen LogP contribution in [0.1, 0.15) is 52.9 Å². The van der Waals surface area contributed by atoms with Gasteiger partial charge < -0.3 is 5.11 Å². The van der Waals surface area contributed by atoms with Crippen molar-refractivity contribution >= 4 is 70.9 Å². The Morgan fingerprint density at radius 3 is 1.20 bits per heavy atom. The quantitative estimate of drug-likeness (QED) is 0.0821. The van der Waals surface area contributed by atoms with Gasteiger partial charge in [0.25, 0.3) is 0 Å². The van der Waals surface area contributed by atoms with Gasteiger partial charge >= 0.3 is 0 Å². The van der Waals surface area contributed by atoms with Crippen LogP contribution < -0.4 is 0 Å². The van der Waals surface area contributed by atoms with E-state index in [1.165, 1.54) is 27.6 Å². The number of hydrogen-bond donors (Lipinski definition) is 1. The topological polar surface area (TPSA) is 88.9 Å². The number of nitrogens with zero attached hydrogens (tertiary/aromatic N) is 4. The summed E-state index contributed by atoms with van der Waals surface area (Å²) in [5.74, 6) is 0.104. The Morgan fingerprint density at radius 2 is 0.828 bits per heavy atom. The van der Waals surface area contributed by atoms with Gasteiger partial charge in [-0.05, 0) is 24.6 Å². The van der Waals surface area contributed by atoms with Gasteiger partial charge in [-0.15, -0.1) is 59.3 Å². The summed E-state index contributed by atoms with van der Waals surface area (Å²) in [6.45, 7) is 15.2. The van der Waals surface area contributed by atoms with Gasteiger partial charge in [-0.25, -0.2) is 0 Å². The van der Waals surface area contributed by atoms with E-state index in [0.717, 1.165) is 77.5 Å². The van der Waals surface area contributed by atoms with E-state index in [0.29, 0.717) is 0 Å². The van der Waals surface area contributed by atoms with Crippen LogP contribution in [0, 0.1) is 36.8 Å². The Labute approximate surface area is 388 Å². The minimum absolute atomic E-state index is 0. The van der Waals surface area contributed by atoms with Crippen molar-refractivity contribution in [1.82, 2.24) is 19.9 Å². The smallest absolute Gasteiger partial charge is 0.164 e. The SMILES string of the molecule is CC(C)(C)C(=O)C=C(O)C(C)(C)C.Cc1nc2c3[c-]cccc3c3ccccc3c2nc1-c1ccccc1.Cc1nc2c3[c-]cccc3c3ccccc3c2nc1-c1ccccc1.[Ir]. The molecule has 0 aliphatic heterocycles. The molecule has 8 aromatic carbocycles. The number of aryl methyl sites for hydroxylation is 2. The van der Waals surface area contributed by atoms with Crippen LogP contribution in [0.15, 0.2) is 157 Å². The number of ketones is 1. The fourth-order valence-corrected chi connectivity index (χ4v) is 7.62. The van der Waals surface area contributed by atoms with Crippen molar-refractivity contribution in [3.63, 3.8) is 0 Å². The maximum absolute atomic E-state index is 11.5. The van der Waals surface area contributed by atoms with Gasteiger partial charge in [0.1, 0.15) is 5.76 Å². The molecule has 321 valence electrons. The summed E-state index contributed by atoms with van der Waals surface area (Å²) < 4.78 is 0. The summed E-state index contributed by atoms with van der Waals surface area (Å²) in [5.41, 5.74) is 8.90. The molecule has 0 bridgehead atoms. The van der Waals surface area contributed by atoms with Crippen molar-refractivity contribution in [2.24, 2.45) is 10.8 Å². The summed E-state index contributed by atoms with van der Waals surface area (Å²) in [7, 11) is 0. The monoisotopic (exact) mass is 1020 g/mol. The predicted octanol–water partition coefficient (Wildman–Crippen LogP) is 14.5. The van der Waals surface area contributed by atoms with Crippen molar-refractivity contribution in [1.29, 1.82) is 0 Å². The third-order valence-electron chi connectivity index (χ3n) is 11.1. The number of aliphatic hydroxyl groups is 1. The van der Waals surface area contributed by atoms with Crippen LogP contribution in [0.2, 0.25) is 0 Å². The average Bonchev–Trinajstić information content (AvgIpc) is 3.29. The van der Waals surface area contributed by atoms with Crippen LogP contribution in [0.25, 0.3) is 87.7 Å². The molecule has 0 atom stereocenters. The predicted molar refractivity (Wildman–Crippen MR) is 262 cm³/mol. The molecule has 0 fully saturated rings. The molecule has 0 spiro atoms. The summed E-state index contributed by atoms with van der Waals surface area (Å²) in [5, 5.41) is 18.6. The standard InChI is InChI=1S/2C23H15N2.C11H20O2.Ir/c2*1-15-21(16-9-3-2-4-10-16)25-23-20-14-8-6-12-18(20)17-11-5-7-13-19(17)22(23)24-15;1-10(2,3)8(12)7-9(13)11(4,5)6;/h2*2-12,14H,1H3;7,12H,1-6H3;/q2*-1;;. The first-order valence-electron chi connectivity index (χ1n) is 21.3. The number of aliphatic hydroxyl groups excluding tert-OH is 1. The molecule has 0 aliphatic rings. The Balaban J connectivity index is 0.000000151. The maximum Gasteiger partial charge on any atom is 0.164 e. The molecule has 0 saturated heterocycles. The molecule has 64 heavy (non-hydrogen) atoms. The summed E-state index contributed by atoms with van der Waals surface area (Å²) in [6.07, 6.45) is 1.33. The maximum atomic E-state index is 11.5. The van der Waals surface area contributed by atoms with E-state index in [2.05, 4.69) is 97.1 Å². The van der Waals surface area contributed by atoms with Crippen LogP contribution in [-0.4, -0.2) is 30.8 Å². The number of benzene rings is 8. The molecule has 7 heteroatoms. The second kappa shape index (κ2) is 18.6. The molecule has 10 aromatic rings. The molecule has 0 amide bonds. The minimum Gasteiger partial charge on any atom is -0.512 e. The number of fused-ring (bicyclic) bond motifs is 12. The van der Waals surface area contributed by atoms with Crippen LogP contribution in [0.5, 0.6) is 0 Å². The molecule has 0 unspecified atom stereocenters. The average molecular weight is 1020 g/mol. The Bertz CT molecular complexity index is 3150.